The van der Waals surface area contributed by atoms with E-state index in [2.05, 4.69) is 5.32 Å². The number of unbranched alkanes of at least 4 members (excludes halogenated alkanes) is 2. The van der Waals surface area contributed by atoms with E-state index in [-0.39, 0.29) is 12.8 Å². The zero-order valence-electron chi connectivity index (χ0n) is 16.0. The van der Waals surface area contributed by atoms with Crippen LogP contribution < -0.4 is 15.7 Å². The van der Waals surface area contributed by atoms with Crippen LogP contribution in [0.15, 0.2) is 33.5 Å². The Kier molecular flexibility index (Phi) is 7.76. The van der Waals surface area contributed by atoms with E-state index in [1.165, 1.54) is 12.1 Å². The lowest BCUT2D eigenvalue weighted by Crippen LogP contribution is -2.42. The van der Waals surface area contributed by atoms with Crippen LogP contribution in [-0.4, -0.2) is 40.7 Å². The summed E-state index contributed by atoms with van der Waals surface area (Å²) in [6.45, 7) is 1.38. The molecule has 1 aromatic heterocycles. The average molecular weight is 405 g/mol. The summed E-state index contributed by atoms with van der Waals surface area (Å²) in [7, 11) is 0. The van der Waals surface area contributed by atoms with E-state index in [1.54, 1.807) is 19.1 Å². The minimum Gasteiger partial charge on any atom is -0.484 e. The molecule has 0 aliphatic rings. The standard InChI is InChI=1S/C20H23NO8/c1-12-9-19(25)29-16-10-13(7-8-14(12)16)28-11-17(22)21-15(20(26)27)5-3-2-4-6-18(23)24/h7-10,15H,2-6,11H2,1H3,(H,21,22)(H,23,24)(H,26,27)/t15-/m0/s1. The molecule has 0 aliphatic carbocycles. The Morgan fingerprint density at radius 1 is 1.14 bits per heavy atom. The Labute approximate surface area is 166 Å². The van der Waals surface area contributed by atoms with Crippen molar-refractivity contribution in [2.45, 2.75) is 45.1 Å². The molecule has 29 heavy (non-hydrogen) atoms. The molecule has 1 aromatic carbocycles. The van der Waals surface area contributed by atoms with Gasteiger partial charge in [-0.05, 0) is 37.5 Å². The molecule has 9 heteroatoms. The molecule has 0 saturated heterocycles. The van der Waals surface area contributed by atoms with Gasteiger partial charge in [-0.3, -0.25) is 9.59 Å². The number of carboxylic acid groups (broad SMARTS) is 2. The van der Waals surface area contributed by atoms with Crippen LogP contribution in [0.2, 0.25) is 0 Å². The van der Waals surface area contributed by atoms with E-state index in [0.717, 1.165) is 10.9 Å². The first kappa shape index (κ1) is 21.9. The van der Waals surface area contributed by atoms with Gasteiger partial charge in [0.15, 0.2) is 6.61 Å². The SMILES string of the molecule is Cc1cc(=O)oc2cc(OCC(=O)N[C@@H](CCCCCC(=O)O)C(=O)O)ccc12. The van der Waals surface area contributed by atoms with Gasteiger partial charge in [0.1, 0.15) is 17.4 Å². The van der Waals surface area contributed by atoms with Crippen molar-refractivity contribution >= 4 is 28.8 Å². The Hall–Kier alpha value is -3.36. The monoisotopic (exact) mass is 405 g/mol. The van der Waals surface area contributed by atoms with Crippen LogP contribution in [-0.2, 0) is 14.4 Å². The maximum atomic E-state index is 12.0. The van der Waals surface area contributed by atoms with Gasteiger partial charge in [-0.1, -0.05) is 12.8 Å². The molecule has 1 atom stereocenters. The Morgan fingerprint density at radius 3 is 2.59 bits per heavy atom. The van der Waals surface area contributed by atoms with Crippen molar-refractivity contribution < 1.29 is 33.8 Å². The molecule has 2 rings (SSSR count). The van der Waals surface area contributed by atoms with Crippen LogP contribution >= 0.6 is 0 Å². The molecule has 3 N–H and O–H groups in total. The first-order valence-electron chi connectivity index (χ1n) is 9.17. The summed E-state index contributed by atoms with van der Waals surface area (Å²) >= 11 is 0. The lowest BCUT2D eigenvalue weighted by molar-refractivity contribution is -0.142. The van der Waals surface area contributed by atoms with Crippen molar-refractivity contribution in [1.82, 2.24) is 5.32 Å². The maximum Gasteiger partial charge on any atom is 0.336 e. The summed E-state index contributed by atoms with van der Waals surface area (Å²) in [5, 5.41) is 20.9. The second kappa shape index (κ2) is 10.3. The number of fused-ring (bicyclic) bond motifs is 1. The van der Waals surface area contributed by atoms with Gasteiger partial charge in [0, 0.05) is 23.9 Å². The first-order valence-corrected chi connectivity index (χ1v) is 9.17. The predicted molar refractivity (Wildman–Crippen MR) is 103 cm³/mol. The molecule has 0 aliphatic heterocycles. The van der Waals surface area contributed by atoms with Crippen molar-refractivity contribution in [2.24, 2.45) is 0 Å². The number of hydrogen-bond acceptors (Lipinski definition) is 6. The Bertz CT molecular complexity index is 949. The molecule has 0 spiro atoms. The number of carbonyl (C=O) groups is 3. The summed E-state index contributed by atoms with van der Waals surface area (Å²) in [5.41, 5.74) is 0.600. The second-order valence-electron chi connectivity index (χ2n) is 6.65. The smallest absolute Gasteiger partial charge is 0.336 e. The number of rotatable bonds is 11. The van der Waals surface area contributed by atoms with Gasteiger partial charge in [0.2, 0.25) is 0 Å². The number of benzene rings is 1. The molecule has 0 radical (unpaired) electrons. The number of aryl methyl sites for hydroxylation is 1. The molecule has 0 bridgehead atoms. The first-order chi connectivity index (χ1) is 13.8. The number of amides is 1. The lowest BCUT2D eigenvalue weighted by Gasteiger charge is -2.15. The quantitative estimate of drug-likeness (QED) is 0.381. The highest BCUT2D eigenvalue weighted by molar-refractivity contribution is 5.84. The molecule has 0 saturated carbocycles. The van der Waals surface area contributed by atoms with E-state index < -0.39 is 36.1 Å². The second-order valence-corrected chi connectivity index (χ2v) is 6.65. The highest BCUT2D eigenvalue weighted by Crippen LogP contribution is 2.22. The third-order valence-corrected chi connectivity index (χ3v) is 4.31. The third kappa shape index (κ3) is 6.95. The fourth-order valence-corrected chi connectivity index (χ4v) is 2.84. The van der Waals surface area contributed by atoms with Gasteiger partial charge in [-0.25, -0.2) is 9.59 Å². The zero-order chi connectivity index (χ0) is 21.4. The summed E-state index contributed by atoms with van der Waals surface area (Å²) in [5.74, 6) is -2.36. The summed E-state index contributed by atoms with van der Waals surface area (Å²) in [4.78, 5) is 45.3. The number of hydrogen-bond donors (Lipinski definition) is 3. The fourth-order valence-electron chi connectivity index (χ4n) is 2.84. The molecule has 156 valence electrons. The molecular formula is C20H23NO8. The Morgan fingerprint density at radius 2 is 1.90 bits per heavy atom. The van der Waals surface area contributed by atoms with E-state index in [4.69, 9.17) is 14.3 Å². The summed E-state index contributed by atoms with van der Waals surface area (Å²) < 4.78 is 10.5. The number of carboxylic acids is 2. The van der Waals surface area contributed by atoms with Crippen LogP contribution in [0.3, 0.4) is 0 Å². The predicted octanol–water partition coefficient (Wildman–Crippen LogP) is 2.08. The molecule has 1 amide bonds. The minimum absolute atomic E-state index is 0.0311. The van der Waals surface area contributed by atoms with Crippen LogP contribution in [0.25, 0.3) is 11.0 Å². The van der Waals surface area contributed by atoms with Gasteiger partial charge < -0.3 is 24.7 Å². The highest BCUT2D eigenvalue weighted by Gasteiger charge is 2.19. The fraction of sp³-hybridized carbons (Fsp3) is 0.400. The molecular weight excluding hydrogens is 382 g/mol. The normalized spacial score (nSPS) is 11.8. The van der Waals surface area contributed by atoms with Crippen molar-refractivity contribution in [1.29, 1.82) is 0 Å². The summed E-state index contributed by atoms with van der Waals surface area (Å²) in [6, 6.07) is 5.13. The third-order valence-electron chi connectivity index (χ3n) is 4.31. The average Bonchev–Trinajstić information content (AvgIpc) is 2.64. The molecule has 2 aromatic rings. The molecule has 0 fully saturated rings. The Balaban J connectivity index is 1.87. The number of ether oxygens (including phenoxy) is 1. The van der Waals surface area contributed by atoms with Crippen LogP contribution in [0.5, 0.6) is 5.75 Å². The van der Waals surface area contributed by atoms with Gasteiger partial charge in [0.05, 0.1) is 0 Å². The van der Waals surface area contributed by atoms with Crippen LogP contribution in [0.4, 0.5) is 0 Å². The number of aliphatic carboxylic acids is 2. The van der Waals surface area contributed by atoms with Crippen molar-refractivity contribution in [3.05, 3.63) is 40.2 Å². The number of nitrogens with one attached hydrogen (secondary N) is 1. The topological polar surface area (TPSA) is 143 Å². The number of carbonyl (C=O) groups excluding carboxylic acids is 1. The van der Waals surface area contributed by atoms with E-state index in [9.17, 15) is 24.3 Å². The van der Waals surface area contributed by atoms with Crippen molar-refractivity contribution in [2.75, 3.05) is 6.61 Å². The van der Waals surface area contributed by atoms with Crippen molar-refractivity contribution in [3.8, 4) is 5.75 Å². The van der Waals surface area contributed by atoms with E-state index in [0.29, 0.717) is 30.6 Å². The summed E-state index contributed by atoms with van der Waals surface area (Å²) in [6.07, 6.45) is 1.72. The lowest BCUT2D eigenvalue weighted by atomic mass is 10.1. The van der Waals surface area contributed by atoms with E-state index in [1.807, 2.05) is 0 Å². The highest BCUT2D eigenvalue weighted by atomic mass is 16.5. The van der Waals surface area contributed by atoms with Crippen molar-refractivity contribution in [3.63, 3.8) is 0 Å². The van der Waals surface area contributed by atoms with Crippen LogP contribution in [0.1, 0.15) is 37.7 Å². The largest absolute Gasteiger partial charge is 0.484 e. The van der Waals surface area contributed by atoms with E-state index >= 15 is 0 Å². The molecule has 9 nitrogen and oxygen atoms in total. The molecule has 1 heterocycles. The van der Waals surface area contributed by atoms with Gasteiger partial charge in [-0.15, -0.1) is 0 Å². The van der Waals surface area contributed by atoms with Gasteiger partial charge >= 0.3 is 17.6 Å². The minimum atomic E-state index is -1.17. The van der Waals surface area contributed by atoms with Gasteiger partial charge in [0.25, 0.3) is 5.91 Å². The van der Waals surface area contributed by atoms with Gasteiger partial charge in [-0.2, -0.15) is 0 Å². The maximum absolute atomic E-state index is 12.0. The molecule has 0 unspecified atom stereocenters. The zero-order valence-corrected chi connectivity index (χ0v) is 16.0. The van der Waals surface area contributed by atoms with Crippen LogP contribution in [0, 0.1) is 6.92 Å².